The fraction of sp³-hybridized carbons (Fsp3) is 0.640. The average Bonchev–Trinajstić information content (AvgIpc) is 2.70. The summed E-state index contributed by atoms with van der Waals surface area (Å²) in [5.41, 5.74) is -0.0957. The molecule has 3 atom stereocenters. The van der Waals surface area contributed by atoms with Crippen LogP contribution in [0, 0.1) is 5.92 Å². The van der Waals surface area contributed by atoms with Crippen LogP contribution in [0.3, 0.4) is 0 Å². The molecule has 3 unspecified atom stereocenters. The Morgan fingerprint density at radius 1 is 1.06 bits per heavy atom. The molecular formula is C25H41N3O5. The van der Waals surface area contributed by atoms with Gasteiger partial charge in [0.25, 0.3) is 0 Å². The molecule has 0 radical (unpaired) electrons. The van der Waals surface area contributed by atoms with Crippen LogP contribution in [0.1, 0.15) is 72.9 Å². The summed E-state index contributed by atoms with van der Waals surface area (Å²) < 4.78 is 5.33. The van der Waals surface area contributed by atoms with Crippen LogP contribution >= 0.6 is 0 Å². The van der Waals surface area contributed by atoms with E-state index in [9.17, 15) is 19.5 Å². The molecule has 0 fully saturated rings. The van der Waals surface area contributed by atoms with Crippen molar-refractivity contribution in [1.29, 1.82) is 0 Å². The molecule has 0 saturated carbocycles. The smallest absolute Gasteiger partial charge is 0.408 e. The topological polar surface area (TPSA) is 108 Å². The van der Waals surface area contributed by atoms with Crippen LogP contribution < -0.4 is 10.6 Å². The lowest BCUT2D eigenvalue weighted by Gasteiger charge is -2.35. The Kier molecular flexibility index (Phi) is 11.4. The molecule has 3 amide bonds. The van der Waals surface area contributed by atoms with E-state index in [1.807, 2.05) is 19.9 Å². The van der Waals surface area contributed by atoms with Crippen LogP contribution in [0.5, 0.6) is 0 Å². The molecule has 1 aromatic carbocycles. The van der Waals surface area contributed by atoms with E-state index in [1.54, 1.807) is 58.9 Å². The van der Waals surface area contributed by atoms with E-state index in [2.05, 4.69) is 10.6 Å². The van der Waals surface area contributed by atoms with Crippen molar-refractivity contribution in [1.82, 2.24) is 15.5 Å². The highest BCUT2D eigenvalue weighted by atomic mass is 16.6. The van der Waals surface area contributed by atoms with E-state index in [4.69, 9.17) is 4.74 Å². The van der Waals surface area contributed by atoms with Crippen LogP contribution in [-0.2, 0) is 14.3 Å². The maximum atomic E-state index is 13.7. The maximum Gasteiger partial charge on any atom is 0.408 e. The Bertz CT molecular complexity index is 761. The highest BCUT2D eigenvalue weighted by Crippen LogP contribution is 2.24. The summed E-state index contributed by atoms with van der Waals surface area (Å²) in [6.07, 6.45) is 0.998. The number of amides is 3. The van der Waals surface area contributed by atoms with Gasteiger partial charge in [-0.3, -0.25) is 9.59 Å². The highest BCUT2D eigenvalue weighted by Gasteiger charge is 2.37. The molecule has 0 aliphatic heterocycles. The summed E-state index contributed by atoms with van der Waals surface area (Å²) >= 11 is 0. The predicted molar refractivity (Wildman–Crippen MR) is 128 cm³/mol. The number of nitrogens with one attached hydrogen (secondary N) is 2. The fourth-order valence-corrected chi connectivity index (χ4v) is 3.54. The van der Waals surface area contributed by atoms with Crippen LogP contribution in [0.25, 0.3) is 0 Å². The SMILES string of the molecule is CCCC(C)NC(=O)C(c1ccccc1)N(CCO)C(=O)C(NC(=O)OC(C)(C)C)C(C)C. The summed E-state index contributed by atoms with van der Waals surface area (Å²) in [6, 6.07) is 7.02. The number of nitrogens with zero attached hydrogens (tertiary/aromatic N) is 1. The van der Waals surface area contributed by atoms with Crippen molar-refractivity contribution in [2.45, 2.75) is 85.0 Å². The third-order valence-electron chi connectivity index (χ3n) is 5.01. The molecule has 1 aromatic rings. The van der Waals surface area contributed by atoms with E-state index in [0.29, 0.717) is 5.56 Å². The van der Waals surface area contributed by atoms with Gasteiger partial charge in [-0.25, -0.2) is 4.79 Å². The van der Waals surface area contributed by atoms with Gasteiger partial charge < -0.3 is 25.4 Å². The molecule has 33 heavy (non-hydrogen) atoms. The molecule has 1 rings (SSSR count). The zero-order valence-electron chi connectivity index (χ0n) is 21.1. The Hall–Kier alpha value is -2.61. The summed E-state index contributed by atoms with van der Waals surface area (Å²) in [4.78, 5) is 40.8. The molecule has 0 aromatic heterocycles. The molecule has 0 aliphatic carbocycles. The van der Waals surface area contributed by atoms with Crippen molar-refractivity contribution in [3.63, 3.8) is 0 Å². The first-order chi connectivity index (χ1) is 15.4. The average molecular weight is 464 g/mol. The van der Waals surface area contributed by atoms with Gasteiger partial charge in [-0.1, -0.05) is 57.5 Å². The van der Waals surface area contributed by atoms with E-state index >= 15 is 0 Å². The van der Waals surface area contributed by atoms with Crippen LogP contribution in [0.2, 0.25) is 0 Å². The van der Waals surface area contributed by atoms with Crippen molar-refractivity contribution >= 4 is 17.9 Å². The van der Waals surface area contributed by atoms with Gasteiger partial charge in [0.05, 0.1) is 6.61 Å². The van der Waals surface area contributed by atoms with E-state index in [1.165, 1.54) is 4.90 Å². The summed E-state index contributed by atoms with van der Waals surface area (Å²) in [5.74, 6) is -1.06. The van der Waals surface area contributed by atoms with Gasteiger partial charge in [-0.2, -0.15) is 0 Å². The quantitative estimate of drug-likeness (QED) is 0.466. The molecule has 186 valence electrons. The minimum Gasteiger partial charge on any atom is -0.444 e. The second-order valence-corrected chi connectivity index (χ2v) is 9.63. The van der Waals surface area contributed by atoms with Crippen molar-refractivity contribution in [3.05, 3.63) is 35.9 Å². The second-order valence-electron chi connectivity index (χ2n) is 9.63. The molecule has 0 heterocycles. The molecule has 0 aliphatic rings. The zero-order valence-corrected chi connectivity index (χ0v) is 21.1. The Morgan fingerprint density at radius 3 is 2.15 bits per heavy atom. The van der Waals surface area contributed by atoms with Crippen molar-refractivity contribution in [2.75, 3.05) is 13.2 Å². The number of hydrogen-bond donors (Lipinski definition) is 3. The van der Waals surface area contributed by atoms with Crippen molar-refractivity contribution in [3.8, 4) is 0 Å². The minimum atomic E-state index is -0.952. The van der Waals surface area contributed by atoms with Gasteiger partial charge in [-0.05, 0) is 45.6 Å². The molecule has 3 N–H and O–H groups in total. The maximum absolute atomic E-state index is 13.7. The summed E-state index contributed by atoms with van der Waals surface area (Å²) in [5, 5.41) is 15.4. The van der Waals surface area contributed by atoms with Gasteiger partial charge in [-0.15, -0.1) is 0 Å². The first-order valence-corrected chi connectivity index (χ1v) is 11.7. The molecule has 0 saturated heterocycles. The monoisotopic (exact) mass is 463 g/mol. The largest absolute Gasteiger partial charge is 0.444 e. The lowest BCUT2D eigenvalue weighted by molar-refractivity contribution is -0.144. The molecule has 0 spiro atoms. The Morgan fingerprint density at radius 2 is 1.67 bits per heavy atom. The van der Waals surface area contributed by atoms with E-state index < -0.39 is 29.7 Å². The van der Waals surface area contributed by atoms with Crippen molar-refractivity contribution in [2.24, 2.45) is 5.92 Å². The normalized spacial score (nSPS) is 14.2. The van der Waals surface area contributed by atoms with Gasteiger partial charge >= 0.3 is 6.09 Å². The molecule has 0 bridgehead atoms. The molecule has 8 heteroatoms. The van der Waals surface area contributed by atoms with Crippen LogP contribution in [0.15, 0.2) is 30.3 Å². The van der Waals surface area contributed by atoms with E-state index in [0.717, 1.165) is 12.8 Å². The van der Waals surface area contributed by atoms with Gasteiger partial charge in [0.2, 0.25) is 11.8 Å². The lowest BCUT2D eigenvalue weighted by atomic mass is 9.98. The Labute approximate surface area is 198 Å². The van der Waals surface area contributed by atoms with E-state index in [-0.39, 0.29) is 31.0 Å². The van der Waals surface area contributed by atoms with Crippen LogP contribution in [-0.4, -0.2) is 58.8 Å². The zero-order chi connectivity index (χ0) is 25.2. The van der Waals surface area contributed by atoms with Gasteiger partial charge in [0.1, 0.15) is 17.7 Å². The van der Waals surface area contributed by atoms with Gasteiger partial charge in [0.15, 0.2) is 0 Å². The number of carbonyl (C=O) groups excluding carboxylic acids is 3. The fourth-order valence-electron chi connectivity index (χ4n) is 3.54. The second kappa shape index (κ2) is 13.2. The third kappa shape index (κ3) is 9.42. The number of carbonyl (C=O) groups is 3. The lowest BCUT2D eigenvalue weighted by Crippen LogP contribution is -2.55. The highest BCUT2D eigenvalue weighted by molar-refractivity contribution is 5.92. The standard InChI is InChI=1S/C25H41N3O5/c1-8-12-18(4)26-22(30)21(19-13-10-9-11-14-19)28(15-16-29)23(31)20(17(2)3)27-24(32)33-25(5,6)7/h9-11,13-14,17-18,20-21,29H,8,12,15-16H2,1-7H3,(H,26,30)(H,27,32). The number of hydrogen-bond acceptors (Lipinski definition) is 5. The first-order valence-electron chi connectivity index (χ1n) is 11.7. The minimum absolute atomic E-state index is 0.0623. The van der Waals surface area contributed by atoms with Gasteiger partial charge in [0, 0.05) is 12.6 Å². The number of rotatable bonds is 11. The number of alkyl carbamates (subject to hydrolysis) is 1. The Balaban J connectivity index is 3.32. The summed E-state index contributed by atoms with van der Waals surface area (Å²) in [7, 11) is 0. The van der Waals surface area contributed by atoms with Crippen LogP contribution in [0.4, 0.5) is 4.79 Å². The number of ether oxygens (including phenoxy) is 1. The third-order valence-corrected chi connectivity index (χ3v) is 5.01. The van der Waals surface area contributed by atoms with Crippen molar-refractivity contribution < 1.29 is 24.2 Å². The first kappa shape index (κ1) is 28.4. The number of aliphatic hydroxyl groups is 1. The summed E-state index contributed by atoms with van der Waals surface area (Å²) in [6.45, 7) is 12.4. The molecule has 8 nitrogen and oxygen atoms in total. The number of benzene rings is 1. The molecular weight excluding hydrogens is 422 g/mol. The predicted octanol–water partition coefficient (Wildman–Crippen LogP) is 3.40. The number of aliphatic hydroxyl groups excluding tert-OH is 1.